The highest BCUT2D eigenvalue weighted by molar-refractivity contribution is 8.15. The summed E-state index contributed by atoms with van der Waals surface area (Å²) >= 11 is 1.43. The minimum Gasteiger partial charge on any atom is -0.311 e. The van der Waals surface area contributed by atoms with Crippen LogP contribution in [0.3, 0.4) is 0 Å². The van der Waals surface area contributed by atoms with Gasteiger partial charge in [-0.15, -0.1) is 0 Å². The van der Waals surface area contributed by atoms with Crippen molar-refractivity contribution in [2.24, 2.45) is 9.98 Å². The molecule has 0 fully saturated rings. The van der Waals surface area contributed by atoms with E-state index in [4.69, 9.17) is 4.99 Å². The number of rotatable bonds is 4. The van der Waals surface area contributed by atoms with Gasteiger partial charge in [-0.05, 0) is 42.2 Å². The lowest BCUT2D eigenvalue weighted by Gasteiger charge is -2.33. The molecule has 0 aromatic heterocycles. The molecule has 2 amide bonds. The number of hydrogen-bond acceptors (Lipinski definition) is 5. The van der Waals surface area contributed by atoms with Crippen molar-refractivity contribution in [2.75, 3.05) is 11.4 Å². The van der Waals surface area contributed by atoms with Gasteiger partial charge in [-0.3, -0.25) is 14.5 Å². The Labute approximate surface area is 208 Å². The third-order valence-corrected chi connectivity index (χ3v) is 7.98. The number of nitrogens with zero attached hydrogens (tertiary/aromatic N) is 4. The maximum absolute atomic E-state index is 13.7. The van der Waals surface area contributed by atoms with E-state index in [1.165, 1.54) is 17.3 Å². The number of aliphatic imine (C=N–C) groups is 2. The van der Waals surface area contributed by atoms with Crippen molar-refractivity contribution >= 4 is 46.0 Å². The fourth-order valence-electron chi connectivity index (χ4n) is 4.95. The summed E-state index contributed by atoms with van der Waals surface area (Å²) in [5.74, 6) is 0.458. The van der Waals surface area contributed by atoms with Crippen LogP contribution in [0.4, 0.5) is 11.4 Å². The van der Waals surface area contributed by atoms with Gasteiger partial charge in [-0.1, -0.05) is 79.3 Å². The first-order chi connectivity index (χ1) is 17.2. The molecule has 3 heterocycles. The highest BCUT2D eigenvalue weighted by atomic mass is 32.2. The number of para-hydroxylation sites is 2. The fourth-order valence-corrected chi connectivity index (χ4v) is 6.05. The van der Waals surface area contributed by atoms with Crippen LogP contribution < -0.4 is 4.90 Å². The Morgan fingerprint density at radius 3 is 2.57 bits per heavy atom. The van der Waals surface area contributed by atoms with Crippen LogP contribution in [0.1, 0.15) is 36.1 Å². The number of carbonyl (C=O) groups is 2. The molecule has 3 aliphatic heterocycles. The average Bonchev–Trinajstić information content (AvgIpc) is 3.48. The van der Waals surface area contributed by atoms with Crippen LogP contribution in [0.2, 0.25) is 0 Å². The third-order valence-electron chi connectivity index (χ3n) is 6.67. The van der Waals surface area contributed by atoms with Gasteiger partial charge in [0.25, 0.3) is 5.91 Å². The summed E-state index contributed by atoms with van der Waals surface area (Å²) < 4.78 is 0. The van der Waals surface area contributed by atoms with Gasteiger partial charge in [-0.25, -0.2) is 4.99 Å². The van der Waals surface area contributed by atoms with E-state index < -0.39 is 6.04 Å². The first-order valence-corrected chi connectivity index (χ1v) is 12.7. The molecule has 174 valence electrons. The Kier molecular flexibility index (Phi) is 5.49. The van der Waals surface area contributed by atoms with E-state index in [0.29, 0.717) is 24.0 Å². The number of amidine groups is 2. The summed E-state index contributed by atoms with van der Waals surface area (Å²) in [5.41, 5.74) is 4.65. The monoisotopic (exact) mass is 480 g/mol. The number of benzene rings is 3. The van der Waals surface area contributed by atoms with Crippen molar-refractivity contribution in [1.29, 1.82) is 0 Å². The summed E-state index contributed by atoms with van der Waals surface area (Å²) in [7, 11) is 0. The van der Waals surface area contributed by atoms with Crippen molar-refractivity contribution in [3.05, 3.63) is 95.6 Å². The van der Waals surface area contributed by atoms with Gasteiger partial charge >= 0.3 is 0 Å². The number of anilines is 1. The molecule has 0 spiro atoms. The predicted molar refractivity (Wildman–Crippen MR) is 140 cm³/mol. The number of carbonyl (C=O) groups excluding carboxylic acids is 2. The molecule has 0 bridgehead atoms. The van der Waals surface area contributed by atoms with Crippen LogP contribution in [0.25, 0.3) is 0 Å². The van der Waals surface area contributed by atoms with E-state index in [9.17, 15) is 9.59 Å². The topological polar surface area (TPSA) is 65.3 Å². The van der Waals surface area contributed by atoms with Gasteiger partial charge < -0.3 is 4.90 Å². The number of fused-ring (bicyclic) bond motifs is 4. The third kappa shape index (κ3) is 3.67. The molecule has 2 unspecified atom stereocenters. The Balaban J connectivity index is 1.37. The van der Waals surface area contributed by atoms with Crippen molar-refractivity contribution in [3.8, 4) is 0 Å². The number of hydrogen-bond donors (Lipinski definition) is 0. The summed E-state index contributed by atoms with van der Waals surface area (Å²) in [4.78, 5) is 40.1. The predicted octanol–water partition coefficient (Wildman–Crippen LogP) is 5.12. The molecule has 0 saturated heterocycles. The molecule has 3 aliphatic rings. The van der Waals surface area contributed by atoms with Gasteiger partial charge in [0.15, 0.2) is 5.17 Å². The zero-order valence-corrected chi connectivity index (χ0v) is 20.1. The second kappa shape index (κ2) is 8.82. The van der Waals surface area contributed by atoms with Gasteiger partial charge in [0.2, 0.25) is 5.91 Å². The summed E-state index contributed by atoms with van der Waals surface area (Å²) in [6.45, 7) is 2.71. The van der Waals surface area contributed by atoms with E-state index in [-0.39, 0.29) is 17.1 Å². The molecule has 3 aromatic carbocycles. The van der Waals surface area contributed by atoms with E-state index >= 15 is 0 Å². The summed E-state index contributed by atoms with van der Waals surface area (Å²) in [5, 5.41) is 0.299. The van der Waals surface area contributed by atoms with E-state index in [2.05, 4.69) is 11.1 Å². The highest BCUT2D eigenvalue weighted by Gasteiger charge is 2.44. The fraction of sp³-hybridized carbons (Fsp3) is 0.214. The van der Waals surface area contributed by atoms with Crippen LogP contribution in [0, 0.1) is 0 Å². The Morgan fingerprint density at radius 2 is 1.74 bits per heavy atom. The maximum Gasteiger partial charge on any atom is 0.275 e. The molecule has 3 aromatic rings. The second-order valence-electron chi connectivity index (χ2n) is 8.75. The number of thioether (sulfide) groups is 1. The smallest absolute Gasteiger partial charge is 0.275 e. The molecular formula is C28H24N4O2S. The van der Waals surface area contributed by atoms with Crippen LogP contribution in [0.15, 0.2) is 88.8 Å². The number of amides is 2. The highest BCUT2D eigenvalue weighted by Crippen LogP contribution is 2.41. The SMILES string of the molecule is CCC(SC1=Nc2ccccc2C2=NC(=O)C(c3ccccc3)N12)C(=O)N1CCc2ccccc21. The molecule has 7 heteroatoms. The van der Waals surface area contributed by atoms with Crippen molar-refractivity contribution < 1.29 is 9.59 Å². The first-order valence-electron chi connectivity index (χ1n) is 11.9. The minimum atomic E-state index is -0.592. The molecule has 6 nitrogen and oxygen atoms in total. The van der Waals surface area contributed by atoms with Gasteiger partial charge in [0, 0.05) is 17.8 Å². The van der Waals surface area contributed by atoms with Crippen molar-refractivity contribution in [1.82, 2.24) is 4.90 Å². The minimum absolute atomic E-state index is 0.0734. The van der Waals surface area contributed by atoms with Crippen molar-refractivity contribution in [3.63, 3.8) is 0 Å². The lowest BCUT2D eigenvalue weighted by atomic mass is 10.0. The molecule has 35 heavy (non-hydrogen) atoms. The molecule has 6 rings (SSSR count). The quantitative estimate of drug-likeness (QED) is 0.520. The first kappa shape index (κ1) is 21.8. The zero-order chi connectivity index (χ0) is 23.9. The van der Waals surface area contributed by atoms with Gasteiger partial charge in [0.05, 0.1) is 10.9 Å². The maximum atomic E-state index is 13.7. The summed E-state index contributed by atoms with van der Waals surface area (Å²) in [6, 6.07) is 24.9. The second-order valence-corrected chi connectivity index (χ2v) is 9.92. The van der Waals surface area contributed by atoms with Crippen LogP contribution >= 0.6 is 11.8 Å². The average molecular weight is 481 g/mol. The standard InChI is InChI=1S/C28H24N4O2S/c1-2-23(27(34)31-17-16-18-10-6-9-15-22(18)31)35-28-29-21-14-8-7-13-20(21)25-30-26(33)24(32(25)28)19-11-4-3-5-12-19/h3-15,23-24H,2,16-17H2,1H3. The molecule has 0 aliphatic carbocycles. The molecule has 0 radical (unpaired) electrons. The molecular weight excluding hydrogens is 456 g/mol. The van der Waals surface area contributed by atoms with Gasteiger partial charge in [0.1, 0.15) is 11.9 Å². The van der Waals surface area contributed by atoms with Crippen molar-refractivity contribution in [2.45, 2.75) is 31.1 Å². The lowest BCUT2D eigenvalue weighted by Crippen LogP contribution is -2.42. The zero-order valence-electron chi connectivity index (χ0n) is 19.3. The Morgan fingerprint density at radius 1 is 1.00 bits per heavy atom. The van der Waals surface area contributed by atoms with Crippen LogP contribution in [0.5, 0.6) is 0 Å². The Bertz CT molecular complexity index is 1380. The van der Waals surface area contributed by atoms with E-state index in [1.54, 1.807) is 0 Å². The van der Waals surface area contributed by atoms with E-state index in [1.807, 2.05) is 89.5 Å². The van der Waals surface area contributed by atoms with E-state index in [0.717, 1.165) is 28.9 Å². The molecule has 0 N–H and O–H groups in total. The Hall–Kier alpha value is -3.71. The largest absolute Gasteiger partial charge is 0.311 e. The lowest BCUT2D eigenvalue weighted by molar-refractivity contribution is -0.120. The van der Waals surface area contributed by atoms with Gasteiger partial charge in [-0.2, -0.15) is 4.99 Å². The summed E-state index contributed by atoms with van der Waals surface area (Å²) in [6.07, 6.45) is 1.51. The molecule has 0 saturated carbocycles. The van der Waals surface area contributed by atoms with Crippen LogP contribution in [-0.4, -0.2) is 39.5 Å². The normalized spacial score (nSPS) is 19.0. The molecule has 2 atom stereocenters. The van der Waals surface area contributed by atoms with Crippen LogP contribution in [-0.2, 0) is 16.0 Å².